The van der Waals surface area contributed by atoms with Crippen LogP contribution in [0.3, 0.4) is 0 Å². The maximum atomic E-state index is 9.79. The molecule has 1 N–H and O–H groups in total. The van der Waals surface area contributed by atoms with Gasteiger partial charge in [-0.3, -0.25) is 0 Å². The molecule has 1 aliphatic heterocycles. The summed E-state index contributed by atoms with van der Waals surface area (Å²) < 4.78 is 0. The van der Waals surface area contributed by atoms with Gasteiger partial charge in [0.15, 0.2) is 5.82 Å². The lowest BCUT2D eigenvalue weighted by Gasteiger charge is -2.31. The van der Waals surface area contributed by atoms with E-state index < -0.39 is 6.10 Å². The van der Waals surface area contributed by atoms with Gasteiger partial charge in [0, 0.05) is 23.8 Å². The number of aliphatic hydroxyl groups is 1. The van der Waals surface area contributed by atoms with Crippen LogP contribution in [0.25, 0.3) is 0 Å². The normalized spacial score (nSPS) is 15.1. The minimum Gasteiger partial charge on any atom is -0.385 e. The zero-order valence-electron chi connectivity index (χ0n) is 17.7. The van der Waals surface area contributed by atoms with E-state index in [1.54, 1.807) is 6.92 Å². The fourth-order valence-corrected chi connectivity index (χ4v) is 3.97. The Hall–Kier alpha value is -2.72. The number of aryl methyl sites for hydroxylation is 1. The Morgan fingerprint density at radius 3 is 2.24 bits per heavy atom. The molecule has 1 atom stereocenters. The fourth-order valence-electron chi connectivity index (χ4n) is 3.97. The van der Waals surface area contributed by atoms with Crippen LogP contribution >= 0.6 is 0 Å². The van der Waals surface area contributed by atoms with Crippen molar-refractivity contribution >= 4 is 5.69 Å². The number of anilines is 1. The van der Waals surface area contributed by atoms with E-state index in [-0.39, 0.29) is 5.41 Å². The first-order valence-corrected chi connectivity index (χ1v) is 10.3. The first-order chi connectivity index (χ1) is 13.8. The van der Waals surface area contributed by atoms with Crippen molar-refractivity contribution in [3.63, 3.8) is 0 Å². The average molecular weight is 388 g/mol. The third-order valence-electron chi connectivity index (χ3n) is 6.07. The molecular formula is C25H29N3O. The van der Waals surface area contributed by atoms with Crippen LogP contribution in [0.5, 0.6) is 0 Å². The molecule has 4 nitrogen and oxygen atoms in total. The van der Waals surface area contributed by atoms with E-state index in [1.165, 1.54) is 27.9 Å². The Morgan fingerprint density at radius 1 is 1.00 bits per heavy atom. The summed E-state index contributed by atoms with van der Waals surface area (Å²) in [5, 5.41) is 9.79. The van der Waals surface area contributed by atoms with Crippen LogP contribution in [0.2, 0.25) is 0 Å². The van der Waals surface area contributed by atoms with Gasteiger partial charge in [0.25, 0.3) is 0 Å². The lowest BCUT2D eigenvalue weighted by molar-refractivity contribution is 0.188. The summed E-state index contributed by atoms with van der Waals surface area (Å²) >= 11 is 0. The predicted molar refractivity (Wildman–Crippen MR) is 117 cm³/mol. The number of hydrogen-bond acceptors (Lipinski definition) is 4. The minimum atomic E-state index is -0.640. The summed E-state index contributed by atoms with van der Waals surface area (Å²) in [7, 11) is 0. The first-order valence-electron chi connectivity index (χ1n) is 10.3. The van der Waals surface area contributed by atoms with Gasteiger partial charge in [0.1, 0.15) is 6.10 Å². The molecule has 1 aromatic heterocycles. The van der Waals surface area contributed by atoms with E-state index in [1.807, 2.05) is 6.20 Å². The van der Waals surface area contributed by atoms with Crippen molar-refractivity contribution in [2.45, 2.75) is 52.2 Å². The predicted octanol–water partition coefficient (Wildman–Crippen LogP) is 4.73. The molecule has 0 aliphatic carbocycles. The molecule has 0 saturated carbocycles. The van der Waals surface area contributed by atoms with E-state index in [4.69, 9.17) is 0 Å². The molecule has 1 aliphatic rings. The van der Waals surface area contributed by atoms with Crippen LogP contribution in [-0.2, 0) is 18.4 Å². The van der Waals surface area contributed by atoms with E-state index in [2.05, 4.69) is 84.2 Å². The molecule has 4 rings (SSSR count). The Balaban J connectivity index is 1.55. The fraction of sp³-hybridized carbons (Fsp3) is 0.360. The highest BCUT2D eigenvalue weighted by Gasteiger charge is 2.24. The lowest BCUT2D eigenvalue weighted by atomic mass is 9.78. The number of nitrogens with zero attached hydrogens (tertiary/aromatic N) is 3. The average Bonchev–Trinajstić information content (AvgIpc) is 2.73. The smallest absolute Gasteiger partial charge is 0.156 e. The van der Waals surface area contributed by atoms with E-state index in [0.717, 1.165) is 25.2 Å². The van der Waals surface area contributed by atoms with Gasteiger partial charge in [-0.15, -0.1) is 0 Å². The Bertz CT molecular complexity index is 992. The first kappa shape index (κ1) is 19.6. The molecule has 1 unspecified atom stereocenters. The van der Waals surface area contributed by atoms with Gasteiger partial charge in [0.05, 0.1) is 12.2 Å². The van der Waals surface area contributed by atoms with Crippen molar-refractivity contribution in [3.05, 3.63) is 88.5 Å². The van der Waals surface area contributed by atoms with Gasteiger partial charge >= 0.3 is 0 Å². The number of benzene rings is 2. The molecule has 2 heterocycles. The van der Waals surface area contributed by atoms with Crippen LogP contribution in [-0.4, -0.2) is 21.6 Å². The van der Waals surface area contributed by atoms with Crippen LogP contribution in [0.4, 0.5) is 5.69 Å². The second kappa shape index (κ2) is 7.60. The van der Waals surface area contributed by atoms with Crippen LogP contribution < -0.4 is 4.90 Å². The van der Waals surface area contributed by atoms with Crippen molar-refractivity contribution in [3.8, 4) is 0 Å². The van der Waals surface area contributed by atoms with Gasteiger partial charge in [-0.1, -0.05) is 55.8 Å². The van der Waals surface area contributed by atoms with Gasteiger partial charge in [-0.25, -0.2) is 9.97 Å². The Labute approximate surface area is 173 Å². The third kappa shape index (κ3) is 3.90. The summed E-state index contributed by atoms with van der Waals surface area (Å²) in [6.45, 7) is 10.1. The van der Waals surface area contributed by atoms with Crippen LogP contribution in [0.1, 0.15) is 60.6 Å². The summed E-state index contributed by atoms with van der Waals surface area (Å²) in [5.41, 5.74) is 7.28. The van der Waals surface area contributed by atoms with Gasteiger partial charge in [-0.2, -0.15) is 0 Å². The topological polar surface area (TPSA) is 49.2 Å². The van der Waals surface area contributed by atoms with E-state index >= 15 is 0 Å². The summed E-state index contributed by atoms with van der Waals surface area (Å²) in [6, 6.07) is 17.7. The standard InChI is InChI=1S/C25H29N3O/c1-17-5-7-20(8-6-17)25(3,4)21-9-11-22(12-10-21)28-14-13-19-15-26-24(18(2)29)27-23(19)16-28/h5-12,15,18,29H,13-14,16H2,1-4H3. The quantitative estimate of drug-likeness (QED) is 0.703. The van der Waals surface area contributed by atoms with Crippen molar-refractivity contribution in [2.24, 2.45) is 0 Å². The molecule has 3 aromatic rings. The number of fused-ring (bicyclic) bond motifs is 1. The second-order valence-electron chi connectivity index (χ2n) is 8.59. The maximum Gasteiger partial charge on any atom is 0.156 e. The van der Waals surface area contributed by atoms with Crippen molar-refractivity contribution in [2.75, 3.05) is 11.4 Å². The molecular weight excluding hydrogens is 358 g/mol. The summed E-state index contributed by atoms with van der Waals surface area (Å²) in [4.78, 5) is 11.2. The van der Waals surface area contributed by atoms with Crippen molar-refractivity contribution in [1.82, 2.24) is 9.97 Å². The highest BCUT2D eigenvalue weighted by Crippen LogP contribution is 2.33. The van der Waals surface area contributed by atoms with E-state index in [9.17, 15) is 5.11 Å². The lowest BCUT2D eigenvalue weighted by Crippen LogP contribution is -2.31. The van der Waals surface area contributed by atoms with Gasteiger partial charge in [0.2, 0.25) is 0 Å². The van der Waals surface area contributed by atoms with E-state index in [0.29, 0.717) is 5.82 Å². The molecule has 29 heavy (non-hydrogen) atoms. The highest BCUT2D eigenvalue weighted by molar-refractivity contribution is 5.52. The zero-order valence-corrected chi connectivity index (χ0v) is 17.7. The highest BCUT2D eigenvalue weighted by atomic mass is 16.3. The third-order valence-corrected chi connectivity index (χ3v) is 6.07. The number of aromatic nitrogens is 2. The largest absolute Gasteiger partial charge is 0.385 e. The van der Waals surface area contributed by atoms with Crippen LogP contribution in [0.15, 0.2) is 54.7 Å². The molecule has 0 bridgehead atoms. The molecule has 2 aromatic carbocycles. The van der Waals surface area contributed by atoms with Gasteiger partial charge in [-0.05, 0) is 49.1 Å². The number of aliphatic hydroxyl groups excluding tert-OH is 1. The Morgan fingerprint density at radius 2 is 1.62 bits per heavy atom. The molecule has 4 heteroatoms. The number of rotatable bonds is 4. The molecule has 0 spiro atoms. The molecule has 0 amide bonds. The molecule has 0 saturated heterocycles. The monoisotopic (exact) mass is 387 g/mol. The van der Waals surface area contributed by atoms with Crippen LogP contribution in [0, 0.1) is 6.92 Å². The minimum absolute atomic E-state index is 0.0415. The summed E-state index contributed by atoms with van der Waals surface area (Å²) in [5.74, 6) is 0.501. The summed E-state index contributed by atoms with van der Waals surface area (Å²) in [6.07, 6.45) is 2.15. The molecule has 0 fully saturated rings. The second-order valence-corrected chi connectivity index (χ2v) is 8.59. The van der Waals surface area contributed by atoms with Crippen molar-refractivity contribution in [1.29, 1.82) is 0 Å². The SMILES string of the molecule is Cc1ccc(C(C)(C)c2ccc(N3CCc4cnc(C(C)O)nc4C3)cc2)cc1. The van der Waals surface area contributed by atoms with Gasteiger partial charge < -0.3 is 10.0 Å². The molecule has 0 radical (unpaired) electrons. The zero-order chi connectivity index (χ0) is 20.6. The molecule has 150 valence electrons. The number of hydrogen-bond donors (Lipinski definition) is 1. The maximum absolute atomic E-state index is 9.79. The Kier molecular flexibility index (Phi) is 5.13. The van der Waals surface area contributed by atoms with Crippen molar-refractivity contribution < 1.29 is 5.11 Å².